The Kier molecular flexibility index (Phi) is 3.84. The minimum absolute atomic E-state index is 0.197. The second-order valence-electron chi connectivity index (χ2n) is 4.03. The predicted octanol–water partition coefficient (Wildman–Crippen LogP) is 4.05. The lowest BCUT2D eigenvalue weighted by Crippen LogP contribution is -2.12. The summed E-state index contributed by atoms with van der Waals surface area (Å²) in [6.07, 6.45) is -5.11. The highest BCUT2D eigenvalue weighted by molar-refractivity contribution is 7.71. The number of aromatic nitrogens is 2. The van der Waals surface area contributed by atoms with Gasteiger partial charge in [-0.15, -0.1) is 0 Å². The summed E-state index contributed by atoms with van der Waals surface area (Å²) in [5, 5.41) is 0. The largest absolute Gasteiger partial charge is 0.492 e. The molecule has 104 valence electrons. The Morgan fingerprint density at radius 2 is 2.11 bits per heavy atom. The number of benzene rings is 1. The molecule has 0 unspecified atom stereocenters. The topological polar surface area (TPSA) is 29.9 Å². The summed E-state index contributed by atoms with van der Waals surface area (Å²) in [4.78, 5) is 2.90. The van der Waals surface area contributed by atoms with Gasteiger partial charge < -0.3 is 14.3 Å². The molecule has 0 aliphatic heterocycles. The zero-order chi connectivity index (χ0) is 14.0. The minimum Gasteiger partial charge on any atom is -0.492 e. The number of hydrogen-bond acceptors (Lipinski definition) is 2. The van der Waals surface area contributed by atoms with Crippen molar-refractivity contribution < 1.29 is 17.9 Å². The number of nitrogens with zero attached hydrogens (tertiary/aromatic N) is 1. The van der Waals surface area contributed by atoms with Gasteiger partial charge in [-0.1, -0.05) is 6.07 Å². The molecule has 19 heavy (non-hydrogen) atoms. The number of halogens is 3. The zero-order valence-electron chi connectivity index (χ0n) is 10.3. The molecule has 3 nitrogen and oxygen atoms in total. The average Bonchev–Trinajstić information content (AvgIpc) is 2.63. The molecule has 2 rings (SSSR count). The summed E-state index contributed by atoms with van der Waals surface area (Å²) < 4.78 is 44.0. The van der Waals surface area contributed by atoms with Crippen LogP contribution in [-0.4, -0.2) is 22.3 Å². The monoisotopic (exact) mass is 290 g/mol. The quantitative estimate of drug-likeness (QED) is 0.861. The molecule has 0 radical (unpaired) electrons. The van der Waals surface area contributed by atoms with Crippen LogP contribution in [0.4, 0.5) is 13.2 Å². The number of fused-ring (bicyclic) bond motifs is 1. The highest BCUT2D eigenvalue weighted by Crippen LogP contribution is 2.27. The molecule has 0 aliphatic rings. The number of para-hydroxylation sites is 1. The first kappa shape index (κ1) is 13.9. The molecule has 1 N–H and O–H groups in total. The lowest BCUT2D eigenvalue weighted by Gasteiger charge is -2.08. The molecule has 0 spiro atoms. The van der Waals surface area contributed by atoms with E-state index in [-0.39, 0.29) is 11.3 Å². The number of aryl methyl sites for hydroxylation is 1. The smallest absolute Gasteiger partial charge is 0.390 e. The van der Waals surface area contributed by atoms with Crippen molar-refractivity contribution in [3.8, 4) is 5.75 Å². The van der Waals surface area contributed by atoms with Gasteiger partial charge in [-0.25, -0.2) is 0 Å². The van der Waals surface area contributed by atoms with Gasteiger partial charge in [-0.2, -0.15) is 13.2 Å². The summed E-state index contributed by atoms with van der Waals surface area (Å²) in [7, 11) is 0. The van der Waals surface area contributed by atoms with E-state index < -0.39 is 12.6 Å². The third kappa shape index (κ3) is 3.09. The van der Waals surface area contributed by atoms with Gasteiger partial charge in [0.25, 0.3) is 0 Å². The molecule has 0 aliphatic carbocycles. The Hall–Kier alpha value is -1.50. The number of imidazole rings is 1. The Bertz CT molecular complexity index is 630. The Labute approximate surface area is 113 Å². The number of aromatic amines is 1. The SMILES string of the molecule is CCOc1cccc2c1[nH]c(=S)n2CCC(F)(F)F. The first-order chi connectivity index (χ1) is 8.92. The summed E-state index contributed by atoms with van der Waals surface area (Å²) in [6.45, 7) is 2.12. The molecule has 2 aromatic rings. The highest BCUT2D eigenvalue weighted by atomic mass is 32.1. The van der Waals surface area contributed by atoms with E-state index in [4.69, 9.17) is 17.0 Å². The fourth-order valence-corrected chi connectivity index (χ4v) is 2.18. The first-order valence-electron chi connectivity index (χ1n) is 5.83. The van der Waals surface area contributed by atoms with Gasteiger partial charge in [-0.05, 0) is 31.3 Å². The molecule has 7 heteroatoms. The number of hydrogen-bond donors (Lipinski definition) is 1. The van der Waals surface area contributed by atoms with Crippen molar-refractivity contribution in [2.45, 2.75) is 26.1 Å². The maximum absolute atomic E-state index is 12.3. The van der Waals surface area contributed by atoms with E-state index in [0.717, 1.165) is 0 Å². The Balaban J connectivity index is 2.42. The maximum atomic E-state index is 12.3. The average molecular weight is 290 g/mol. The number of alkyl halides is 3. The fourth-order valence-electron chi connectivity index (χ4n) is 1.89. The van der Waals surface area contributed by atoms with Crippen LogP contribution in [-0.2, 0) is 6.54 Å². The van der Waals surface area contributed by atoms with Crippen LogP contribution in [0.5, 0.6) is 5.75 Å². The van der Waals surface area contributed by atoms with Crippen LogP contribution in [0.3, 0.4) is 0 Å². The minimum atomic E-state index is -4.20. The van der Waals surface area contributed by atoms with Crippen molar-refractivity contribution in [3.05, 3.63) is 23.0 Å². The zero-order valence-corrected chi connectivity index (χ0v) is 11.1. The van der Waals surface area contributed by atoms with Crippen LogP contribution >= 0.6 is 12.2 Å². The van der Waals surface area contributed by atoms with Crippen molar-refractivity contribution >= 4 is 23.3 Å². The van der Waals surface area contributed by atoms with Crippen molar-refractivity contribution in [1.82, 2.24) is 9.55 Å². The van der Waals surface area contributed by atoms with Gasteiger partial charge in [0.05, 0.1) is 18.5 Å². The van der Waals surface area contributed by atoms with Crippen molar-refractivity contribution in [2.24, 2.45) is 0 Å². The van der Waals surface area contributed by atoms with Gasteiger partial charge in [0.2, 0.25) is 0 Å². The predicted molar refractivity (Wildman–Crippen MR) is 69.0 cm³/mol. The third-order valence-electron chi connectivity index (χ3n) is 2.69. The summed E-state index contributed by atoms with van der Waals surface area (Å²) in [5.41, 5.74) is 1.26. The van der Waals surface area contributed by atoms with E-state index >= 15 is 0 Å². The number of rotatable bonds is 4. The van der Waals surface area contributed by atoms with E-state index in [1.165, 1.54) is 4.57 Å². The van der Waals surface area contributed by atoms with Gasteiger partial charge in [-0.3, -0.25) is 0 Å². The molecule has 1 aromatic carbocycles. The molecule has 0 saturated carbocycles. The number of nitrogens with one attached hydrogen (secondary N) is 1. The van der Waals surface area contributed by atoms with E-state index in [9.17, 15) is 13.2 Å². The normalized spacial score (nSPS) is 12.0. The summed E-state index contributed by atoms with van der Waals surface area (Å²) in [5.74, 6) is 0.594. The molecule has 1 heterocycles. The van der Waals surface area contributed by atoms with Crippen LogP contribution in [0.2, 0.25) is 0 Å². The lowest BCUT2D eigenvalue weighted by molar-refractivity contribution is -0.136. The van der Waals surface area contributed by atoms with E-state index in [2.05, 4.69) is 4.98 Å². The van der Waals surface area contributed by atoms with Crippen molar-refractivity contribution in [3.63, 3.8) is 0 Å². The van der Waals surface area contributed by atoms with Crippen LogP contribution < -0.4 is 4.74 Å². The third-order valence-corrected chi connectivity index (χ3v) is 3.01. The Morgan fingerprint density at radius 1 is 1.37 bits per heavy atom. The molecule has 0 saturated heterocycles. The van der Waals surface area contributed by atoms with E-state index in [1.54, 1.807) is 18.2 Å². The maximum Gasteiger partial charge on any atom is 0.390 e. The molecule has 1 aromatic heterocycles. The molecular formula is C12H13F3N2OS. The standard InChI is InChI=1S/C12H13F3N2OS/c1-2-18-9-5-3-4-8-10(9)16-11(19)17(8)7-6-12(13,14)15/h3-5H,2,6-7H2,1H3,(H,16,19). The van der Waals surface area contributed by atoms with Gasteiger partial charge in [0.15, 0.2) is 4.77 Å². The van der Waals surface area contributed by atoms with Gasteiger partial charge in [0.1, 0.15) is 11.3 Å². The number of ether oxygens (including phenoxy) is 1. The second kappa shape index (κ2) is 5.24. The summed E-state index contributed by atoms with van der Waals surface area (Å²) >= 11 is 5.07. The van der Waals surface area contributed by atoms with Crippen molar-refractivity contribution in [1.29, 1.82) is 0 Å². The second-order valence-corrected chi connectivity index (χ2v) is 4.42. The molecule has 0 bridgehead atoms. The van der Waals surface area contributed by atoms with Gasteiger partial charge in [0, 0.05) is 6.54 Å². The van der Waals surface area contributed by atoms with E-state index in [1.807, 2.05) is 6.92 Å². The van der Waals surface area contributed by atoms with Crippen LogP contribution in [0.1, 0.15) is 13.3 Å². The van der Waals surface area contributed by atoms with Crippen LogP contribution in [0, 0.1) is 4.77 Å². The van der Waals surface area contributed by atoms with Crippen LogP contribution in [0.15, 0.2) is 18.2 Å². The lowest BCUT2D eigenvalue weighted by atomic mass is 10.3. The molecule has 0 atom stereocenters. The van der Waals surface area contributed by atoms with E-state index in [0.29, 0.717) is 23.4 Å². The fraction of sp³-hybridized carbons (Fsp3) is 0.417. The molecular weight excluding hydrogens is 277 g/mol. The van der Waals surface area contributed by atoms with Crippen molar-refractivity contribution in [2.75, 3.05) is 6.61 Å². The van der Waals surface area contributed by atoms with Crippen LogP contribution in [0.25, 0.3) is 11.0 Å². The first-order valence-corrected chi connectivity index (χ1v) is 6.24. The summed E-state index contributed by atoms with van der Waals surface area (Å²) in [6, 6.07) is 5.21. The highest BCUT2D eigenvalue weighted by Gasteiger charge is 2.27. The molecule has 0 fully saturated rings. The Morgan fingerprint density at radius 3 is 2.74 bits per heavy atom. The number of H-pyrrole nitrogens is 1. The van der Waals surface area contributed by atoms with Gasteiger partial charge >= 0.3 is 6.18 Å². The molecule has 0 amide bonds.